The van der Waals surface area contributed by atoms with Gasteiger partial charge in [-0.3, -0.25) is 19.3 Å². The van der Waals surface area contributed by atoms with E-state index in [9.17, 15) is 19.5 Å². The van der Waals surface area contributed by atoms with E-state index >= 15 is 0 Å². The molecule has 0 bridgehead atoms. The van der Waals surface area contributed by atoms with Crippen molar-refractivity contribution in [3.8, 4) is 0 Å². The zero-order valence-corrected chi connectivity index (χ0v) is 23.9. The fourth-order valence-corrected chi connectivity index (χ4v) is 5.86. The van der Waals surface area contributed by atoms with Crippen molar-refractivity contribution in [2.45, 2.75) is 69.2 Å². The van der Waals surface area contributed by atoms with Crippen molar-refractivity contribution in [2.24, 2.45) is 5.73 Å². The van der Waals surface area contributed by atoms with Crippen molar-refractivity contribution < 1.29 is 19.5 Å². The van der Waals surface area contributed by atoms with Crippen molar-refractivity contribution in [3.05, 3.63) is 69.7 Å². The molecule has 0 saturated carbocycles. The molecule has 39 heavy (non-hydrogen) atoms. The molecule has 212 valence electrons. The quantitative estimate of drug-likeness (QED) is 0.383. The van der Waals surface area contributed by atoms with E-state index in [1.807, 2.05) is 18.2 Å². The van der Waals surface area contributed by atoms with Crippen LogP contribution < -0.4 is 11.1 Å². The van der Waals surface area contributed by atoms with Gasteiger partial charge >= 0.3 is 5.97 Å². The minimum atomic E-state index is -1.01. The Bertz CT molecular complexity index is 1150. The van der Waals surface area contributed by atoms with Gasteiger partial charge < -0.3 is 21.1 Å². The van der Waals surface area contributed by atoms with Gasteiger partial charge in [0.15, 0.2) is 0 Å². The molecule has 0 aliphatic carbocycles. The molecule has 2 aliphatic rings. The third kappa shape index (κ3) is 8.08. The molecule has 2 amide bonds. The zero-order chi connectivity index (χ0) is 27.2. The van der Waals surface area contributed by atoms with Crippen LogP contribution in [0.15, 0.2) is 48.5 Å². The van der Waals surface area contributed by atoms with Crippen LogP contribution in [0.2, 0.25) is 10.0 Å². The summed E-state index contributed by atoms with van der Waals surface area (Å²) >= 11 is 12.1. The average molecular weight is 598 g/mol. The number of hydrogen-bond donors (Lipinski definition) is 3. The van der Waals surface area contributed by atoms with Gasteiger partial charge in [-0.1, -0.05) is 59.6 Å². The van der Waals surface area contributed by atoms with Gasteiger partial charge in [0, 0.05) is 38.1 Å². The van der Waals surface area contributed by atoms with Crippen molar-refractivity contribution in [3.63, 3.8) is 0 Å². The molecule has 0 aromatic heterocycles. The highest BCUT2D eigenvalue weighted by Gasteiger charge is 2.45. The van der Waals surface area contributed by atoms with Gasteiger partial charge in [-0.15, -0.1) is 12.4 Å². The van der Waals surface area contributed by atoms with Crippen molar-refractivity contribution in [1.29, 1.82) is 0 Å². The fourth-order valence-electron chi connectivity index (χ4n) is 5.54. The first-order chi connectivity index (χ1) is 18.2. The molecule has 2 aliphatic heterocycles. The Morgan fingerprint density at radius 2 is 1.85 bits per heavy atom. The van der Waals surface area contributed by atoms with Crippen molar-refractivity contribution in [2.75, 3.05) is 13.1 Å². The summed E-state index contributed by atoms with van der Waals surface area (Å²) in [7, 11) is 0. The normalized spacial score (nSPS) is 22.0. The standard InChI is InChI=1S/C28H34Cl2N4O4.ClH/c29-22-9-7-19(14-23(22)30)16-32-27(37)24(10-11-26(35)36)33-13-12-21(8-6-18-4-2-1-3-5-18)34-17-20(31)15-25(34)28(33)38;/h1-5,7,9,14,20-21,24-25H,6,8,10-13,15-17,31H2,(H,32,37)(H,35,36);1H/t20-,21?,24-,25+;/m1./s1. The molecule has 8 nitrogen and oxygen atoms in total. The molecule has 4 rings (SSSR count). The summed E-state index contributed by atoms with van der Waals surface area (Å²) in [6, 6.07) is 14.0. The number of carbonyl (C=O) groups is 3. The molecule has 4 atom stereocenters. The monoisotopic (exact) mass is 596 g/mol. The Morgan fingerprint density at radius 3 is 2.54 bits per heavy atom. The molecule has 2 heterocycles. The molecule has 0 radical (unpaired) electrons. The minimum Gasteiger partial charge on any atom is -0.481 e. The van der Waals surface area contributed by atoms with Crippen molar-refractivity contribution >= 4 is 53.4 Å². The number of aryl methyl sites for hydroxylation is 1. The van der Waals surface area contributed by atoms with Gasteiger partial charge in [0.05, 0.1) is 16.1 Å². The number of nitrogens with two attached hydrogens (primary N) is 1. The SMILES string of the molecule is Cl.N[C@@H]1C[C@H]2C(=O)N([C@H](CCC(=O)O)C(=O)NCc3ccc(Cl)c(Cl)c3)CCC(CCc3ccccc3)N2C1. The number of fused-ring (bicyclic) bond motifs is 1. The van der Waals surface area contributed by atoms with Gasteiger partial charge in [0.25, 0.3) is 0 Å². The molecule has 1 unspecified atom stereocenters. The number of carboxylic acids is 1. The number of nitrogens with one attached hydrogen (secondary N) is 1. The predicted octanol–water partition coefficient (Wildman–Crippen LogP) is 3.90. The van der Waals surface area contributed by atoms with Crippen LogP contribution in [0.4, 0.5) is 0 Å². The van der Waals surface area contributed by atoms with Crippen LogP contribution in [0.1, 0.15) is 43.2 Å². The second-order valence-electron chi connectivity index (χ2n) is 10.1. The summed E-state index contributed by atoms with van der Waals surface area (Å²) in [5.74, 6) is -1.55. The topological polar surface area (TPSA) is 116 Å². The van der Waals surface area contributed by atoms with Gasteiger partial charge in [-0.25, -0.2) is 0 Å². The summed E-state index contributed by atoms with van der Waals surface area (Å²) in [6.45, 7) is 1.19. The first-order valence-electron chi connectivity index (χ1n) is 13.0. The lowest BCUT2D eigenvalue weighted by Gasteiger charge is -2.32. The van der Waals surface area contributed by atoms with E-state index in [4.69, 9.17) is 28.9 Å². The van der Waals surface area contributed by atoms with E-state index in [2.05, 4.69) is 22.3 Å². The van der Waals surface area contributed by atoms with Crippen LogP contribution in [-0.4, -0.2) is 69.9 Å². The Balaban J connectivity index is 0.00000420. The largest absolute Gasteiger partial charge is 0.481 e. The van der Waals surface area contributed by atoms with Crippen LogP contribution in [0, 0.1) is 0 Å². The molecular weight excluding hydrogens is 563 g/mol. The zero-order valence-electron chi connectivity index (χ0n) is 21.6. The number of halogens is 3. The number of amides is 2. The lowest BCUT2D eigenvalue weighted by atomic mass is 10.0. The van der Waals surface area contributed by atoms with Gasteiger partial charge in [-0.2, -0.15) is 0 Å². The first-order valence-corrected chi connectivity index (χ1v) is 13.8. The summed E-state index contributed by atoms with van der Waals surface area (Å²) < 4.78 is 0. The van der Waals surface area contributed by atoms with Crippen molar-refractivity contribution in [1.82, 2.24) is 15.1 Å². The van der Waals surface area contributed by atoms with E-state index in [-0.39, 0.29) is 55.7 Å². The van der Waals surface area contributed by atoms with Gasteiger partial charge in [-0.05, 0) is 55.4 Å². The molecule has 11 heteroatoms. The predicted molar refractivity (Wildman–Crippen MR) is 154 cm³/mol. The maximum atomic E-state index is 13.8. The van der Waals surface area contributed by atoms with Crippen LogP contribution in [0.3, 0.4) is 0 Å². The number of hydrogen-bond acceptors (Lipinski definition) is 5. The van der Waals surface area contributed by atoms with Crippen LogP contribution in [-0.2, 0) is 27.3 Å². The maximum Gasteiger partial charge on any atom is 0.303 e. The van der Waals surface area contributed by atoms with Gasteiger partial charge in [0.1, 0.15) is 6.04 Å². The third-order valence-corrected chi connectivity index (χ3v) is 8.22. The van der Waals surface area contributed by atoms with E-state index < -0.39 is 18.1 Å². The molecule has 4 N–H and O–H groups in total. The third-order valence-electron chi connectivity index (χ3n) is 7.48. The molecule has 0 spiro atoms. The second-order valence-corrected chi connectivity index (χ2v) is 10.9. The molecule has 2 saturated heterocycles. The Kier molecular flexibility index (Phi) is 11.4. The number of carboxylic acid groups (broad SMARTS) is 1. The first kappa shape index (κ1) is 31.2. The van der Waals surface area contributed by atoms with E-state index in [0.717, 1.165) is 18.4 Å². The number of rotatable bonds is 10. The summed E-state index contributed by atoms with van der Waals surface area (Å²) in [4.78, 5) is 42.4. The lowest BCUT2D eigenvalue weighted by Crippen LogP contribution is -2.53. The summed E-state index contributed by atoms with van der Waals surface area (Å²) in [5, 5.41) is 13.0. The van der Waals surface area contributed by atoms with E-state index in [1.54, 1.807) is 23.1 Å². The van der Waals surface area contributed by atoms with E-state index in [1.165, 1.54) is 5.56 Å². The number of carbonyl (C=O) groups excluding carboxylic acids is 2. The highest BCUT2D eigenvalue weighted by molar-refractivity contribution is 6.42. The van der Waals surface area contributed by atoms with Crippen LogP contribution >= 0.6 is 35.6 Å². The summed E-state index contributed by atoms with van der Waals surface area (Å²) in [5.41, 5.74) is 8.29. The highest BCUT2D eigenvalue weighted by Crippen LogP contribution is 2.30. The summed E-state index contributed by atoms with van der Waals surface area (Å²) in [6.07, 6.45) is 2.77. The fraction of sp³-hybridized carbons (Fsp3) is 0.464. The Morgan fingerprint density at radius 1 is 1.10 bits per heavy atom. The van der Waals surface area contributed by atoms with E-state index in [0.29, 0.717) is 36.0 Å². The number of nitrogens with zero attached hydrogens (tertiary/aromatic N) is 2. The second kappa shape index (κ2) is 14.3. The number of benzene rings is 2. The lowest BCUT2D eigenvalue weighted by molar-refractivity contribution is -0.144. The van der Waals surface area contributed by atoms with Gasteiger partial charge in [0.2, 0.25) is 11.8 Å². The van der Waals surface area contributed by atoms with Crippen LogP contribution in [0.25, 0.3) is 0 Å². The molecule has 2 aromatic rings. The molecule has 2 fully saturated rings. The molecular formula is C28H35Cl3N4O4. The van der Waals surface area contributed by atoms with Crippen LogP contribution in [0.5, 0.6) is 0 Å². The maximum absolute atomic E-state index is 13.8. The smallest absolute Gasteiger partial charge is 0.303 e. The average Bonchev–Trinajstić information content (AvgIpc) is 3.24. The Hall–Kier alpha value is -2.36. The highest BCUT2D eigenvalue weighted by atomic mass is 35.5. The number of aliphatic carboxylic acids is 1. The minimum absolute atomic E-state index is 0. The Labute approximate surface area is 245 Å². The molecule has 2 aromatic carbocycles.